The summed E-state index contributed by atoms with van der Waals surface area (Å²) < 4.78 is 27.2. The fourth-order valence-electron chi connectivity index (χ4n) is 3.56. The SMILES string of the molecule is CC1CCC(NS(=O)(=O)CC(=O)N2CCC[C@@H]([C@H](C)O)C2)CC1. The van der Waals surface area contributed by atoms with E-state index >= 15 is 0 Å². The number of rotatable bonds is 5. The number of sulfonamides is 1. The number of nitrogens with zero attached hydrogens (tertiary/aromatic N) is 1. The number of aliphatic hydroxyl groups excluding tert-OH is 1. The lowest BCUT2D eigenvalue weighted by Gasteiger charge is -2.34. The third kappa shape index (κ3) is 5.72. The second-order valence-electron chi connectivity index (χ2n) is 7.32. The molecule has 0 aromatic rings. The van der Waals surface area contributed by atoms with Gasteiger partial charge in [-0.1, -0.05) is 6.92 Å². The van der Waals surface area contributed by atoms with E-state index in [0.717, 1.165) is 38.5 Å². The third-order valence-electron chi connectivity index (χ3n) is 5.17. The van der Waals surface area contributed by atoms with Crippen LogP contribution in [0.15, 0.2) is 0 Å². The Kier molecular flexibility index (Phi) is 6.45. The fourth-order valence-corrected chi connectivity index (χ4v) is 4.89. The average Bonchev–Trinajstić information content (AvgIpc) is 2.49. The Morgan fingerprint density at radius 1 is 1.26 bits per heavy atom. The van der Waals surface area contributed by atoms with Crippen LogP contribution in [0.25, 0.3) is 0 Å². The standard InChI is InChI=1S/C16H30N2O4S/c1-12-5-7-15(8-6-12)17-23(21,22)11-16(20)18-9-3-4-14(10-18)13(2)19/h12-15,17,19H,3-11H2,1-2H3/t12?,13-,14+,15?/m0/s1. The number of carbonyl (C=O) groups is 1. The van der Waals surface area contributed by atoms with Gasteiger partial charge in [0.1, 0.15) is 5.75 Å². The van der Waals surface area contributed by atoms with Crippen LogP contribution >= 0.6 is 0 Å². The summed E-state index contributed by atoms with van der Waals surface area (Å²) in [5.41, 5.74) is 0. The van der Waals surface area contributed by atoms with Gasteiger partial charge in [0.25, 0.3) is 0 Å². The second-order valence-corrected chi connectivity index (χ2v) is 9.07. The van der Waals surface area contributed by atoms with Crippen molar-refractivity contribution in [1.29, 1.82) is 0 Å². The quantitative estimate of drug-likeness (QED) is 0.780. The Hall–Kier alpha value is -0.660. The van der Waals surface area contributed by atoms with Crippen LogP contribution in [-0.4, -0.2) is 55.3 Å². The van der Waals surface area contributed by atoms with Crippen LogP contribution in [0.5, 0.6) is 0 Å². The zero-order valence-corrected chi connectivity index (χ0v) is 15.0. The summed E-state index contributed by atoms with van der Waals surface area (Å²) in [6.07, 6.45) is 4.99. The largest absolute Gasteiger partial charge is 0.393 e. The van der Waals surface area contributed by atoms with Crippen LogP contribution in [0.3, 0.4) is 0 Å². The zero-order chi connectivity index (χ0) is 17.0. The molecular weight excluding hydrogens is 316 g/mol. The van der Waals surface area contributed by atoms with Crippen molar-refractivity contribution in [2.45, 2.75) is 64.5 Å². The van der Waals surface area contributed by atoms with Gasteiger partial charge < -0.3 is 10.0 Å². The molecule has 1 saturated carbocycles. The molecule has 2 atom stereocenters. The first-order valence-corrected chi connectivity index (χ1v) is 10.4. The van der Waals surface area contributed by atoms with Gasteiger partial charge in [0.15, 0.2) is 0 Å². The van der Waals surface area contributed by atoms with Crippen LogP contribution in [0.4, 0.5) is 0 Å². The van der Waals surface area contributed by atoms with Gasteiger partial charge in [0, 0.05) is 25.0 Å². The highest BCUT2D eigenvalue weighted by Crippen LogP contribution is 2.24. The van der Waals surface area contributed by atoms with E-state index in [1.54, 1.807) is 11.8 Å². The maximum absolute atomic E-state index is 12.3. The summed E-state index contributed by atoms with van der Waals surface area (Å²) in [5, 5.41) is 9.68. The highest BCUT2D eigenvalue weighted by atomic mass is 32.2. The Labute approximate surface area is 139 Å². The molecule has 0 aromatic heterocycles. The zero-order valence-electron chi connectivity index (χ0n) is 14.2. The predicted octanol–water partition coefficient (Wildman–Crippen LogP) is 1.10. The van der Waals surface area contributed by atoms with Crippen molar-refractivity contribution in [2.75, 3.05) is 18.8 Å². The van der Waals surface area contributed by atoms with E-state index in [0.29, 0.717) is 19.0 Å². The molecule has 0 bridgehead atoms. The molecule has 1 aliphatic heterocycles. The molecule has 134 valence electrons. The van der Waals surface area contributed by atoms with E-state index in [9.17, 15) is 18.3 Å². The smallest absolute Gasteiger partial charge is 0.239 e. The topological polar surface area (TPSA) is 86.7 Å². The van der Waals surface area contributed by atoms with Gasteiger partial charge in [-0.3, -0.25) is 4.79 Å². The molecule has 1 aliphatic carbocycles. The highest BCUT2D eigenvalue weighted by Gasteiger charge is 2.30. The molecule has 6 nitrogen and oxygen atoms in total. The molecule has 1 heterocycles. The van der Waals surface area contributed by atoms with E-state index in [2.05, 4.69) is 11.6 Å². The lowest BCUT2D eigenvalue weighted by atomic mass is 9.88. The second kappa shape index (κ2) is 7.94. The molecule has 2 N–H and O–H groups in total. The maximum atomic E-state index is 12.3. The Morgan fingerprint density at radius 3 is 2.52 bits per heavy atom. The molecule has 1 amide bonds. The fraction of sp³-hybridized carbons (Fsp3) is 0.938. The molecule has 0 aromatic carbocycles. The summed E-state index contributed by atoms with van der Waals surface area (Å²) in [5.74, 6) is -0.135. The number of carbonyl (C=O) groups excluding carboxylic acids is 1. The number of nitrogens with one attached hydrogen (secondary N) is 1. The number of hydrogen-bond acceptors (Lipinski definition) is 4. The van der Waals surface area contributed by atoms with E-state index in [1.165, 1.54) is 0 Å². The van der Waals surface area contributed by atoms with Crippen molar-refractivity contribution in [2.24, 2.45) is 11.8 Å². The van der Waals surface area contributed by atoms with Gasteiger partial charge in [0.05, 0.1) is 6.10 Å². The summed E-state index contributed by atoms with van der Waals surface area (Å²) in [4.78, 5) is 13.9. The molecule has 1 saturated heterocycles. The van der Waals surface area contributed by atoms with Crippen molar-refractivity contribution in [1.82, 2.24) is 9.62 Å². The lowest BCUT2D eigenvalue weighted by molar-refractivity contribution is -0.131. The first-order valence-electron chi connectivity index (χ1n) is 8.72. The molecular formula is C16H30N2O4S. The molecule has 7 heteroatoms. The molecule has 2 rings (SSSR count). The average molecular weight is 346 g/mol. The molecule has 0 radical (unpaired) electrons. The number of aliphatic hydroxyl groups is 1. The minimum Gasteiger partial charge on any atom is -0.393 e. The molecule has 0 spiro atoms. The first-order chi connectivity index (χ1) is 10.8. The summed E-state index contributed by atoms with van der Waals surface area (Å²) in [6, 6.07) is -0.0319. The summed E-state index contributed by atoms with van der Waals surface area (Å²) in [6.45, 7) is 4.94. The van der Waals surface area contributed by atoms with Crippen molar-refractivity contribution in [3.05, 3.63) is 0 Å². The monoisotopic (exact) mass is 346 g/mol. The maximum Gasteiger partial charge on any atom is 0.239 e. The van der Waals surface area contributed by atoms with Crippen molar-refractivity contribution >= 4 is 15.9 Å². The van der Waals surface area contributed by atoms with Crippen molar-refractivity contribution < 1.29 is 18.3 Å². The number of amides is 1. The predicted molar refractivity (Wildman–Crippen MR) is 89.3 cm³/mol. The van der Waals surface area contributed by atoms with E-state index < -0.39 is 21.9 Å². The highest BCUT2D eigenvalue weighted by molar-refractivity contribution is 7.90. The molecule has 0 unspecified atom stereocenters. The normalized spacial score (nSPS) is 30.9. The minimum absolute atomic E-state index is 0.0319. The summed E-state index contributed by atoms with van der Waals surface area (Å²) in [7, 11) is -3.59. The molecule has 23 heavy (non-hydrogen) atoms. The van der Waals surface area contributed by atoms with Crippen LogP contribution in [0, 0.1) is 11.8 Å². The first kappa shape index (κ1) is 18.7. The van der Waals surface area contributed by atoms with Gasteiger partial charge in [0.2, 0.25) is 15.9 Å². The third-order valence-corrected chi connectivity index (χ3v) is 6.49. The van der Waals surface area contributed by atoms with Gasteiger partial charge in [-0.2, -0.15) is 0 Å². The van der Waals surface area contributed by atoms with Gasteiger partial charge in [-0.15, -0.1) is 0 Å². The number of hydrogen-bond donors (Lipinski definition) is 2. The number of likely N-dealkylation sites (tertiary alicyclic amines) is 1. The van der Waals surface area contributed by atoms with Crippen molar-refractivity contribution in [3.8, 4) is 0 Å². The van der Waals surface area contributed by atoms with Crippen LogP contribution in [0.2, 0.25) is 0 Å². The van der Waals surface area contributed by atoms with Crippen LogP contribution in [-0.2, 0) is 14.8 Å². The molecule has 2 fully saturated rings. The van der Waals surface area contributed by atoms with Crippen LogP contribution in [0.1, 0.15) is 52.4 Å². The minimum atomic E-state index is -3.59. The molecule has 2 aliphatic rings. The van der Waals surface area contributed by atoms with E-state index in [-0.39, 0.29) is 17.9 Å². The Morgan fingerprint density at radius 2 is 1.91 bits per heavy atom. The van der Waals surface area contributed by atoms with E-state index in [4.69, 9.17) is 0 Å². The van der Waals surface area contributed by atoms with Gasteiger partial charge in [-0.25, -0.2) is 13.1 Å². The van der Waals surface area contributed by atoms with E-state index in [1.807, 2.05) is 0 Å². The van der Waals surface area contributed by atoms with Crippen molar-refractivity contribution in [3.63, 3.8) is 0 Å². The Balaban J connectivity index is 1.85. The van der Waals surface area contributed by atoms with Crippen LogP contribution < -0.4 is 4.72 Å². The Bertz CT molecular complexity index is 498. The van der Waals surface area contributed by atoms with Gasteiger partial charge >= 0.3 is 0 Å². The van der Waals surface area contributed by atoms with Gasteiger partial charge in [-0.05, 0) is 51.4 Å². The number of piperidine rings is 1. The summed E-state index contributed by atoms with van der Waals surface area (Å²) >= 11 is 0. The lowest BCUT2D eigenvalue weighted by Crippen LogP contribution is -2.47.